The molecule has 0 aliphatic carbocycles. The van der Waals surface area contributed by atoms with Crippen LogP contribution in [0.1, 0.15) is 10.4 Å². The van der Waals surface area contributed by atoms with E-state index in [1.54, 1.807) is 23.1 Å². The fraction of sp³-hybridized carbons (Fsp3) is 0.100. The van der Waals surface area contributed by atoms with Gasteiger partial charge in [-0.1, -0.05) is 0 Å². The summed E-state index contributed by atoms with van der Waals surface area (Å²) < 4.78 is 2.40. The minimum absolute atomic E-state index is 0.795. The zero-order chi connectivity index (χ0) is 10.1. The van der Waals surface area contributed by atoms with Crippen molar-refractivity contribution in [3.63, 3.8) is 0 Å². The molecule has 0 N–H and O–H groups in total. The number of hydrogen-bond acceptors (Lipinski definition) is 3. The van der Waals surface area contributed by atoms with Gasteiger partial charge in [-0.25, -0.2) is 0 Å². The number of benzene rings is 1. The molecule has 2 aromatic rings. The molecule has 0 saturated carbocycles. The maximum Gasteiger partial charge on any atom is 0.150 e. The average molecular weight is 334 g/mol. The second-order valence-electron chi connectivity index (χ2n) is 2.76. The Labute approximate surface area is 104 Å². The third-order valence-electron chi connectivity index (χ3n) is 2.02. The van der Waals surface area contributed by atoms with Crippen LogP contribution in [0, 0.1) is 3.57 Å². The Morgan fingerprint density at radius 2 is 2.29 bits per heavy atom. The summed E-state index contributed by atoms with van der Waals surface area (Å²) >= 11 is 5.71. The second-order valence-corrected chi connectivity index (χ2v) is 5.65. The van der Waals surface area contributed by atoms with Gasteiger partial charge in [-0.05, 0) is 41.0 Å². The molecule has 1 nitrogen and oxygen atoms in total. The monoisotopic (exact) mass is 334 g/mol. The molecule has 0 aliphatic heterocycles. The molecule has 1 heterocycles. The summed E-state index contributed by atoms with van der Waals surface area (Å²) in [5.41, 5.74) is 0.795. The van der Waals surface area contributed by atoms with Gasteiger partial charge in [0.05, 0.1) is 0 Å². The number of halogens is 1. The molecule has 1 aromatic carbocycles. The van der Waals surface area contributed by atoms with E-state index in [2.05, 4.69) is 34.2 Å². The molecule has 0 aliphatic rings. The number of hydrogen-bond donors (Lipinski definition) is 0. The highest BCUT2D eigenvalue weighted by Gasteiger charge is 2.09. The van der Waals surface area contributed by atoms with Gasteiger partial charge in [-0.15, -0.1) is 23.1 Å². The van der Waals surface area contributed by atoms with Crippen molar-refractivity contribution in [3.8, 4) is 0 Å². The van der Waals surface area contributed by atoms with Crippen LogP contribution in [0.3, 0.4) is 0 Å². The van der Waals surface area contributed by atoms with Gasteiger partial charge >= 0.3 is 0 Å². The van der Waals surface area contributed by atoms with Crippen LogP contribution in [0.5, 0.6) is 0 Å². The van der Waals surface area contributed by atoms with E-state index in [0.29, 0.717) is 0 Å². The van der Waals surface area contributed by atoms with Crippen molar-refractivity contribution in [3.05, 3.63) is 26.6 Å². The number of aldehydes is 1. The lowest BCUT2D eigenvalue weighted by molar-refractivity contribution is 0.112. The summed E-state index contributed by atoms with van der Waals surface area (Å²) in [6.45, 7) is 0. The number of rotatable bonds is 2. The molecular weight excluding hydrogens is 327 g/mol. The maximum atomic E-state index is 10.9. The summed E-state index contributed by atoms with van der Waals surface area (Å²) in [6, 6.07) is 3.92. The first-order chi connectivity index (χ1) is 6.77. The largest absolute Gasteiger partial charge is 0.298 e. The quantitative estimate of drug-likeness (QED) is 0.468. The van der Waals surface area contributed by atoms with Crippen LogP contribution in [-0.4, -0.2) is 12.5 Å². The Morgan fingerprint density at radius 1 is 1.50 bits per heavy atom. The molecule has 0 atom stereocenters. The lowest BCUT2D eigenvalue weighted by Crippen LogP contribution is -1.83. The highest BCUT2D eigenvalue weighted by Crippen LogP contribution is 2.36. The number of fused-ring (bicyclic) bond motifs is 1. The van der Waals surface area contributed by atoms with Crippen LogP contribution in [0.25, 0.3) is 10.1 Å². The zero-order valence-corrected chi connectivity index (χ0v) is 11.2. The first kappa shape index (κ1) is 10.4. The fourth-order valence-corrected chi connectivity index (χ4v) is 4.27. The fourth-order valence-electron chi connectivity index (χ4n) is 1.37. The van der Waals surface area contributed by atoms with E-state index in [1.165, 1.54) is 13.2 Å². The van der Waals surface area contributed by atoms with Crippen molar-refractivity contribution in [2.45, 2.75) is 4.90 Å². The number of thiophene rings is 1. The standard InChI is InChI=1S/C10H7IOS2/c1-13-8-3-2-6(4-12)9-7(11)5-14-10(8)9/h2-5H,1H3. The first-order valence-corrected chi connectivity index (χ1v) is 7.15. The second kappa shape index (κ2) is 4.20. The molecule has 0 amide bonds. The predicted octanol–water partition coefficient (Wildman–Crippen LogP) is 4.04. The predicted molar refractivity (Wildman–Crippen MR) is 71.7 cm³/mol. The van der Waals surface area contributed by atoms with E-state index in [4.69, 9.17) is 0 Å². The maximum absolute atomic E-state index is 10.9. The SMILES string of the molecule is CSc1ccc(C=O)c2c(I)csc12. The summed E-state index contributed by atoms with van der Waals surface area (Å²) in [7, 11) is 0. The third kappa shape index (κ3) is 1.59. The third-order valence-corrected chi connectivity index (χ3v) is 5.22. The number of carbonyl (C=O) groups excluding carboxylic acids is 1. The molecule has 0 spiro atoms. The normalized spacial score (nSPS) is 10.7. The Balaban J connectivity index is 2.87. The molecule has 4 heteroatoms. The van der Waals surface area contributed by atoms with Crippen LogP contribution in [0.2, 0.25) is 0 Å². The minimum atomic E-state index is 0.795. The van der Waals surface area contributed by atoms with Gasteiger partial charge in [-0.3, -0.25) is 4.79 Å². The molecule has 0 bridgehead atoms. The smallest absolute Gasteiger partial charge is 0.150 e. The lowest BCUT2D eigenvalue weighted by Gasteiger charge is -2.01. The van der Waals surface area contributed by atoms with Gasteiger partial charge < -0.3 is 0 Å². The van der Waals surface area contributed by atoms with Gasteiger partial charge in [0.2, 0.25) is 0 Å². The van der Waals surface area contributed by atoms with Crippen molar-refractivity contribution in [1.82, 2.24) is 0 Å². The van der Waals surface area contributed by atoms with E-state index >= 15 is 0 Å². The Hall–Kier alpha value is -0.0700. The molecule has 14 heavy (non-hydrogen) atoms. The summed E-state index contributed by atoms with van der Waals surface area (Å²) in [5.74, 6) is 0. The lowest BCUT2D eigenvalue weighted by atomic mass is 10.1. The Bertz CT molecular complexity index is 490. The topological polar surface area (TPSA) is 17.1 Å². The van der Waals surface area contributed by atoms with Crippen molar-refractivity contribution in [2.24, 2.45) is 0 Å². The summed E-state index contributed by atoms with van der Waals surface area (Å²) in [4.78, 5) is 12.1. The Morgan fingerprint density at radius 3 is 2.93 bits per heavy atom. The van der Waals surface area contributed by atoms with Crippen LogP contribution >= 0.6 is 45.7 Å². The van der Waals surface area contributed by atoms with Crippen LogP contribution in [-0.2, 0) is 0 Å². The van der Waals surface area contributed by atoms with E-state index in [9.17, 15) is 4.79 Å². The van der Waals surface area contributed by atoms with Crippen molar-refractivity contribution in [2.75, 3.05) is 6.26 Å². The molecule has 0 radical (unpaired) electrons. The molecule has 1 aromatic heterocycles. The van der Waals surface area contributed by atoms with Gasteiger partial charge in [-0.2, -0.15) is 0 Å². The first-order valence-electron chi connectivity index (χ1n) is 3.96. The van der Waals surface area contributed by atoms with Crippen molar-refractivity contribution < 1.29 is 4.79 Å². The van der Waals surface area contributed by atoms with E-state index in [0.717, 1.165) is 17.2 Å². The zero-order valence-electron chi connectivity index (χ0n) is 7.41. The van der Waals surface area contributed by atoms with E-state index in [-0.39, 0.29) is 0 Å². The van der Waals surface area contributed by atoms with E-state index < -0.39 is 0 Å². The van der Waals surface area contributed by atoms with Gasteiger partial charge in [0.1, 0.15) is 0 Å². The number of carbonyl (C=O) groups is 1. The summed E-state index contributed by atoms with van der Waals surface area (Å²) in [5, 5.41) is 3.20. The van der Waals surface area contributed by atoms with Gasteiger partial charge in [0.15, 0.2) is 6.29 Å². The van der Waals surface area contributed by atoms with Crippen LogP contribution in [0.15, 0.2) is 22.4 Å². The van der Waals surface area contributed by atoms with Gasteiger partial charge in [0, 0.05) is 29.5 Å². The summed E-state index contributed by atoms with van der Waals surface area (Å²) in [6.07, 6.45) is 2.99. The van der Waals surface area contributed by atoms with Gasteiger partial charge in [0.25, 0.3) is 0 Å². The van der Waals surface area contributed by atoms with Crippen molar-refractivity contribution in [1.29, 1.82) is 0 Å². The van der Waals surface area contributed by atoms with Crippen LogP contribution < -0.4 is 0 Å². The molecular formula is C10H7IOS2. The van der Waals surface area contributed by atoms with E-state index in [1.807, 2.05) is 12.1 Å². The molecule has 0 saturated heterocycles. The molecule has 0 unspecified atom stereocenters. The van der Waals surface area contributed by atoms with Crippen molar-refractivity contribution >= 4 is 62.1 Å². The highest BCUT2D eigenvalue weighted by atomic mass is 127. The molecule has 72 valence electrons. The molecule has 2 rings (SSSR count). The molecule has 0 fully saturated rings. The number of thioether (sulfide) groups is 1. The van der Waals surface area contributed by atoms with Crippen LogP contribution in [0.4, 0.5) is 0 Å². The highest BCUT2D eigenvalue weighted by molar-refractivity contribution is 14.1. The average Bonchev–Trinajstić information content (AvgIpc) is 2.60. The Kier molecular flexibility index (Phi) is 3.14. The minimum Gasteiger partial charge on any atom is -0.298 e.